The van der Waals surface area contributed by atoms with Crippen molar-refractivity contribution in [3.8, 4) is 16.9 Å². The van der Waals surface area contributed by atoms with Gasteiger partial charge in [-0.15, -0.1) is 0 Å². The summed E-state index contributed by atoms with van der Waals surface area (Å²) >= 11 is 0. The second kappa shape index (κ2) is 5.45. The molecule has 0 saturated carbocycles. The molecule has 0 amide bonds. The molecule has 0 aliphatic carbocycles. The van der Waals surface area contributed by atoms with E-state index in [9.17, 15) is 4.79 Å². The number of benzene rings is 1. The van der Waals surface area contributed by atoms with Gasteiger partial charge in [-0.1, -0.05) is 12.1 Å². The van der Waals surface area contributed by atoms with Crippen molar-refractivity contribution in [2.75, 3.05) is 0 Å². The highest BCUT2D eigenvalue weighted by Gasteiger charge is 2.07. The summed E-state index contributed by atoms with van der Waals surface area (Å²) in [6.45, 7) is 3.87. The standard InChI is InChI=1S/C15H15NO2/c1-11(2)18-15-6-5-12(8-14(15)10-17)13-4-3-7-16-9-13/h3-11H,1-2H3. The molecular formula is C15H15NO2. The van der Waals surface area contributed by atoms with Gasteiger partial charge in [-0.3, -0.25) is 9.78 Å². The maximum Gasteiger partial charge on any atom is 0.153 e. The van der Waals surface area contributed by atoms with E-state index in [0.717, 1.165) is 17.4 Å². The van der Waals surface area contributed by atoms with Crippen LogP contribution in [0.2, 0.25) is 0 Å². The second-order valence-corrected chi connectivity index (χ2v) is 4.28. The highest BCUT2D eigenvalue weighted by atomic mass is 16.5. The Labute approximate surface area is 106 Å². The maximum atomic E-state index is 11.1. The summed E-state index contributed by atoms with van der Waals surface area (Å²) in [4.78, 5) is 15.2. The van der Waals surface area contributed by atoms with E-state index in [1.165, 1.54) is 0 Å². The topological polar surface area (TPSA) is 39.2 Å². The van der Waals surface area contributed by atoms with Crippen LogP contribution in [0, 0.1) is 0 Å². The van der Waals surface area contributed by atoms with Crippen molar-refractivity contribution in [2.45, 2.75) is 20.0 Å². The number of rotatable bonds is 4. The van der Waals surface area contributed by atoms with Crippen molar-refractivity contribution >= 4 is 6.29 Å². The lowest BCUT2D eigenvalue weighted by molar-refractivity contribution is 0.111. The van der Waals surface area contributed by atoms with Crippen LogP contribution in [0.4, 0.5) is 0 Å². The summed E-state index contributed by atoms with van der Waals surface area (Å²) in [6, 6.07) is 9.41. The fourth-order valence-corrected chi connectivity index (χ4v) is 1.71. The van der Waals surface area contributed by atoms with E-state index in [4.69, 9.17) is 4.74 Å². The van der Waals surface area contributed by atoms with Crippen LogP contribution in [0.1, 0.15) is 24.2 Å². The summed E-state index contributed by atoms with van der Waals surface area (Å²) in [5.74, 6) is 0.618. The van der Waals surface area contributed by atoms with Crippen LogP contribution in [-0.2, 0) is 0 Å². The minimum atomic E-state index is 0.0490. The number of carbonyl (C=O) groups is 1. The Morgan fingerprint density at radius 1 is 1.22 bits per heavy atom. The van der Waals surface area contributed by atoms with Crippen molar-refractivity contribution in [3.05, 3.63) is 48.3 Å². The molecule has 0 aliphatic rings. The Morgan fingerprint density at radius 2 is 2.06 bits per heavy atom. The lowest BCUT2D eigenvalue weighted by Gasteiger charge is -2.12. The quantitative estimate of drug-likeness (QED) is 0.770. The van der Waals surface area contributed by atoms with Crippen molar-refractivity contribution in [1.82, 2.24) is 4.98 Å². The molecule has 3 heteroatoms. The van der Waals surface area contributed by atoms with Gasteiger partial charge in [0.2, 0.25) is 0 Å². The van der Waals surface area contributed by atoms with Crippen LogP contribution in [-0.4, -0.2) is 17.4 Å². The van der Waals surface area contributed by atoms with Gasteiger partial charge in [0.1, 0.15) is 5.75 Å². The zero-order valence-electron chi connectivity index (χ0n) is 10.5. The maximum absolute atomic E-state index is 11.1. The number of hydrogen-bond acceptors (Lipinski definition) is 3. The molecule has 18 heavy (non-hydrogen) atoms. The zero-order chi connectivity index (χ0) is 13.0. The smallest absolute Gasteiger partial charge is 0.153 e. The van der Waals surface area contributed by atoms with Gasteiger partial charge in [-0.2, -0.15) is 0 Å². The van der Waals surface area contributed by atoms with Gasteiger partial charge in [0.05, 0.1) is 11.7 Å². The van der Waals surface area contributed by atoms with E-state index in [1.807, 2.05) is 44.2 Å². The Hall–Kier alpha value is -2.16. The molecule has 0 fully saturated rings. The number of ether oxygens (including phenoxy) is 1. The van der Waals surface area contributed by atoms with Gasteiger partial charge in [0, 0.05) is 18.0 Å². The molecule has 92 valence electrons. The first-order chi connectivity index (χ1) is 8.70. The van der Waals surface area contributed by atoms with E-state index in [2.05, 4.69) is 4.98 Å². The van der Waals surface area contributed by atoms with Crippen LogP contribution in [0.15, 0.2) is 42.7 Å². The molecule has 0 aliphatic heterocycles. The number of aromatic nitrogens is 1. The Balaban J connectivity index is 2.39. The third-order valence-corrected chi connectivity index (χ3v) is 2.49. The molecular weight excluding hydrogens is 226 g/mol. The Morgan fingerprint density at radius 3 is 2.67 bits per heavy atom. The molecule has 0 spiro atoms. The molecule has 0 saturated heterocycles. The summed E-state index contributed by atoms with van der Waals surface area (Å²) in [5.41, 5.74) is 2.50. The molecule has 0 atom stereocenters. The van der Waals surface area contributed by atoms with E-state index in [1.54, 1.807) is 12.4 Å². The zero-order valence-corrected chi connectivity index (χ0v) is 10.5. The SMILES string of the molecule is CC(C)Oc1ccc(-c2cccnc2)cc1C=O. The normalized spacial score (nSPS) is 10.4. The molecule has 0 radical (unpaired) electrons. The van der Waals surface area contributed by atoms with Crippen molar-refractivity contribution in [1.29, 1.82) is 0 Å². The Kier molecular flexibility index (Phi) is 3.72. The van der Waals surface area contributed by atoms with Crippen molar-refractivity contribution < 1.29 is 9.53 Å². The monoisotopic (exact) mass is 241 g/mol. The van der Waals surface area contributed by atoms with Crippen LogP contribution >= 0.6 is 0 Å². The van der Waals surface area contributed by atoms with E-state index in [-0.39, 0.29) is 6.10 Å². The predicted molar refractivity (Wildman–Crippen MR) is 70.8 cm³/mol. The average molecular weight is 241 g/mol. The van der Waals surface area contributed by atoms with Crippen LogP contribution in [0.5, 0.6) is 5.75 Å². The number of pyridine rings is 1. The fourth-order valence-electron chi connectivity index (χ4n) is 1.71. The van der Waals surface area contributed by atoms with Gasteiger partial charge in [-0.25, -0.2) is 0 Å². The largest absolute Gasteiger partial charge is 0.490 e. The third kappa shape index (κ3) is 2.74. The van der Waals surface area contributed by atoms with Gasteiger partial charge < -0.3 is 4.74 Å². The molecule has 0 bridgehead atoms. The predicted octanol–water partition coefficient (Wildman–Crippen LogP) is 3.35. The highest BCUT2D eigenvalue weighted by molar-refractivity contribution is 5.82. The van der Waals surface area contributed by atoms with Crippen LogP contribution in [0.3, 0.4) is 0 Å². The van der Waals surface area contributed by atoms with Gasteiger partial charge in [0.15, 0.2) is 6.29 Å². The minimum Gasteiger partial charge on any atom is -0.490 e. The van der Waals surface area contributed by atoms with E-state index < -0.39 is 0 Å². The van der Waals surface area contributed by atoms with Gasteiger partial charge in [0.25, 0.3) is 0 Å². The molecule has 1 aromatic carbocycles. The molecule has 2 aromatic rings. The van der Waals surface area contributed by atoms with Crippen LogP contribution in [0.25, 0.3) is 11.1 Å². The molecule has 1 heterocycles. The lowest BCUT2D eigenvalue weighted by atomic mass is 10.0. The molecule has 1 aromatic heterocycles. The van der Waals surface area contributed by atoms with E-state index in [0.29, 0.717) is 11.3 Å². The number of nitrogens with zero attached hydrogens (tertiary/aromatic N) is 1. The van der Waals surface area contributed by atoms with Gasteiger partial charge in [-0.05, 0) is 37.6 Å². The fraction of sp³-hybridized carbons (Fsp3) is 0.200. The third-order valence-electron chi connectivity index (χ3n) is 2.49. The highest BCUT2D eigenvalue weighted by Crippen LogP contribution is 2.25. The first-order valence-corrected chi connectivity index (χ1v) is 5.87. The number of aldehydes is 1. The first-order valence-electron chi connectivity index (χ1n) is 5.87. The number of carbonyl (C=O) groups excluding carboxylic acids is 1. The summed E-state index contributed by atoms with van der Waals surface area (Å²) in [5, 5.41) is 0. The lowest BCUT2D eigenvalue weighted by Crippen LogP contribution is -2.07. The van der Waals surface area contributed by atoms with Crippen molar-refractivity contribution in [2.24, 2.45) is 0 Å². The molecule has 3 nitrogen and oxygen atoms in total. The first kappa shape index (κ1) is 12.3. The molecule has 0 N–H and O–H groups in total. The molecule has 0 unspecified atom stereocenters. The van der Waals surface area contributed by atoms with E-state index >= 15 is 0 Å². The average Bonchev–Trinajstić information content (AvgIpc) is 2.39. The Bertz CT molecular complexity index is 535. The number of hydrogen-bond donors (Lipinski definition) is 0. The molecule has 2 rings (SSSR count). The minimum absolute atomic E-state index is 0.0490. The second-order valence-electron chi connectivity index (χ2n) is 4.28. The van der Waals surface area contributed by atoms with Gasteiger partial charge >= 0.3 is 0 Å². The van der Waals surface area contributed by atoms with Crippen LogP contribution < -0.4 is 4.74 Å². The summed E-state index contributed by atoms with van der Waals surface area (Å²) in [6.07, 6.45) is 4.36. The van der Waals surface area contributed by atoms with Crippen molar-refractivity contribution in [3.63, 3.8) is 0 Å². The summed E-state index contributed by atoms with van der Waals surface area (Å²) < 4.78 is 5.58. The summed E-state index contributed by atoms with van der Waals surface area (Å²) in [7, 11) is 0.